The van der Waals surface area contributed by atoms with Crippen LogP contribution in [0.3, 0.4) is 0 Å². The van der Waals surface area contributed by atoms with Crippen molar-refractivity contribution < 1.29 is 9.18 Å². The van der Waals surface area contributed by atoms with Crippen LogP contribution in [0.4, 0.5) is 4.39 Å². The van der Waals surface area contributed by atoms with Gasteiger partial charge in [0.05, 0.1) is 12.6 Å². The molecule has 2 aromatic carbocycles. The standard InChI is InChI=1S/C21H22FN3O/c1-3-15(2)25-14-17(19-6-4-5-7-20(19)25)13-23-24-21(26)12-16-8-10-18(22)11-9-16/h4-11,13-15H,3,12H2,1-2H3,(H,24,26)/b23-13+/t15-/m1/s1. The number of carbonyl (C=O) groups excluding carboxylic acids is 1. The summed E-state index contributed by atoms with van der Waals surface area (Å²) in [4.78, 5) is 12.0. The van der Waals surface area contributed by atoms with Gasteiger partial charge in [-0.15, -0.1) is 0 Å². The van der Waals surface area contributed by atoms with Crippen molar-refractivity contribution in [1.82, 2.24) is 9.99 Å². The largest absolute Gasteiger partial charge is 0.344 e. The number of aromatic nitrogens is 1. The SMILES string of the molecule is CC[C@@H](C)n1cc(/C=N/NC(=O)Cc2ccc(F)cc2)c2ccccc21. The minimum atomic E-state index is -0.315. The number of carbonyl (C=O) groups is 1. The average Bonchev–Trinajstić information content (AvgIpc) is 3.02. The molecule has 0 unspecified atom stereocenters. The van der Waals surface area contributed by atoms with Crippen LogP contribution >= 0.6 is 0 Å². The summed E-state index contributed by atoms with van der Waals surface area (Å²) in [5.41, 5.74) is 5.40. The van der Waals surface area contributed by atoms with E-state index >= 15 is 0 Å². The van der Waals surface area contributed by atoms with E-state index in [1.807, 2.05) is 12.1 Å². The monoisotopic (exact) mass is 351 g/mol. The van der Waals surface area contributed by atoms with Gasteiger partial charge >= 0.3 is 0 Å². The predicted molar refractivity (Wildman–Crippen MR) is 103 cm³/mol. The highest BCUT2D eigenvalue weighted by molar-refractivity contribution is 5.99. The minimum absolute atomic E-state index is 0.159. The smallest absolute Gasteiger partial charge is 0.244 e. The molecule has 0 saturated heterocycles. The summed E-state index contributed by atoms with van der Waals surface area (Å²) >= 11 is 0. The number of hydrogen-bond donors (Lipinski definition) is 1. The summed E-state index contributed by atoms with van der Waals surface area (Å²) < 4.78 is 15.1. The molecular weight excluding hydrogens is 329 g/mol. The van der Waals surface area contributed by atoms with Gasteiger partial charge < -0.3 is 4.57 Å². The summed E-state index contributed by atoms with van der Waals surface area (Å²) in [6.45, 7) is 4.33. The lowest BCUT2D eigenvalue weighted by molar-refractivity contribution is -0.120. The van der Waals surface area contributed by atoms with Crippen molar-refractivity contribution in [3.63, 3.8) is 0 Å². The summed E-state index contributed by atoms with van der Waals surface area (Å²) in [7, 11) is 0. The number of nitrogens with one attached hydrogen (secondary N) is 1. The Morgan fingerprint density at radius 2 is 1.96 bits per heavy atom. The zero-order chi connectivity index (χ0) is 18.5. The fraction of sp³-hybridized carbons (Fsp3) is 0.238. The highest BCUT2D eigenvalue weighted by Gasteiger charge is 2.10. The molecule has 1 heterocycles. The van der Waals surface area contributed by atoms with Crippen LogP contribution in [0, 0.1) is 5.82 Å². The highest BCUT2D eigenvalue weighted by Crippen LogP contribution is 2.24. The maximum atomic E-state index is 12.9. The van der Waals surface area contributed by atoms with E-state index < -0.39 is 0 Å². The number of fused-ring (bicyclic) bond motifs is 1. The minimum Gasteiger partial charge on any atom is -0.344 e. The molecule has 1 N–H and O–H groups in total. The molecule has 3 aromatic rings. The number of para-hydroxylation sites is 1. The number of halogens is 1. The van der Waals surface area contributed by atoms with E-state index in [-0.39, 0.29) is 18.1 Å². The lowest BCUT2D eigenvalue weighted by atomic mass is 10.1. The normalized spacial score (nSPS) is 12.6. The lowest BCUT2D eigenvalue weighted by Crippen LogP contribution is -2.19. The third-order valence-electron chi connectivity index (χ3n) is 4.51. The second-order valence-corrected chi connectivity index (χ2v) is 6.36. The Bertz CT molecular complexity index is 928. The summed E-state index contributed by atoms with van der Waals surface area (Å²) in [5.74, 6) is -0.552. The second kappa shape index (κ2) is 7.95. The summed E-state index contributed by atoms with van der Waals surface area (Å²) in [5, 5.41) is 5.19. The maximum absolute atomic E-state index is 12.9. The molecule has 0 saturated carbocycles. The van der Waals surface area contributed by atoms with E-state index in [9.17, 15) is 9.18 Å². The van der Waals surface area contributed by atoms with Gasteiger partial charge in [-0.3, -0.25) is 4.79 Å². The topological polar surface area (TPSA) is 46.4 Å². The maximum Gasteiger partial charge on any atom is 0.244 e. The third kappa shape index (κ3) is 3.99. The van der Waals surface area contributed by atoms with Crippen LogP contribution in [0.2, 0.25) is 0 Å². The van der Waals surface area contributed by atoms with Crippen LogP contribution in [-0.4, -0.2) is 16.7 Å². The van der Waals surface area contributed by atoms with Gasteiger partial charge in [0.15, 0.2) is 0 Å². The first-order valence-corrected chi connectivity index (χ1v) is 8.74. The number of nitrogens with zero attached hydrogens (tertiary/aromatic N) is 2. The van der Waals surface area contributed by atoms with E-state index in [0.717, 1.165) is 28.5 Å². The molecule has 0 spiro atoms. The van der Waals surface area contributed by atoms with Crippen molar-refractivity contribution in [2.75, 3.05) is 0 Å². The Morgan fingerprint density at radius 1 is 1.23 bits per heavy atom. The van der Waals surface area contributed by atoms with Crippen LogP contribution in [0.5, 0.6) is 0 Å². The summed E-state index contributed by atoms with van der Waals surface area (Å²) in [6, 6.07) is 14.4. The molecule has 3 rings (SSSR count). The number of benzene rings is 2. The zero-order valence-corrected chi connectivity index (χ0v) is 14.9. The van der Waals surface area contributed by atoms with E-state index in [4.69, 9.17) is 0 Å². The van der Waals surface area contributed by atoms with Gasteiger partial charge in [-0.25, -0.2) is 9.82 Å². The van der Waals surface area contributed by atoms with E-state index in [2.05, 4.69) is 47.3 Å². The van der Waals surface area contributed by atoms with Gasteiger partial charge in [0.2, 0.25) is 5.91 Å². The van der Waals surface area contributed by atoms with Crippen molar-refractivity contribution >= 4 is 23.0 Å². The van der Waals surface area contributed by atoms with Gasteiger partial charge in [-0.1, -0.05) is 37.3 Å². The molecular formula is C21H22FN3O. The molecule has 1 aromatic heterocycles. The Hall–Kier alpha value is -2.95. The average molecular weight is 351 g/mol. The molecule has 26 heavy (non-hydrogen) atoms. The quantitative estimate of drug-likeness (QED) is 0.518. The summed E-state index contributed by atoms with van der Waals surface area (Å²) in [6.07, 6.45) is 4.92. The van der Waals surface area contributed by atoms with Gasteiger partial charge in [-0.2, -0.15) is 5.10 Å². The molecule has 1 amide bonds. The first-order valence-electron chi connectivity index (χ1n) is 8.74. The number of rotatable bonds is 6. The van der Waals surface area contributed by atoms with Crippen molar-refractivity contribution in [2.24, 2.45) is 5.10 Å². The molecule has 1 atom stereocenters. The lowest BCUT2D eigenvalue weighted by Gasteiger charge is -2.12. The molecule has 0 aliphatic heterocycles. The Balaban J connectivity index is 1.72. The first-order chi connectivity index (χ1) is 12.6. The van der Waals surface area contributed by atoms with E-state index in [0.29, 0.717) is 6.04 Å². The predicted octanol–water partition coefficient (Wildman–Crippen LogP) is 4.44. The van der Waals surface area contributed by atoms with Gasteiger partial charge in [0.25, 0.3) is 0 Å². The number of hydrazone groups is 1. The molecule has 4 nitrogen and oxygen atoms in total. The van der Waals surface area contributed by atoms with Gasteiger partial charge in [-0.05, 0) is 37.1 Å². The van der Waals surface area contributed by atoms with E-state index in [1.165, 1.54) is 12.1 Å². The van der Waals surface area contributed by atoms with Crippen molar-refractivity contribution in [2.45, 2.75) is 32.7 Å². The first kappa shape index (κ1) is 17.9. The van der Waals surface area contributed by atoms with Crippen LogP contribution in [-0.2, 0) is 11.2 Å². The third-order valence-corrected chi connectivity index (χ3v) is 4.51. The molecule has 0 radical (unpaired) electrons. The van der Waals surface area contributed by atoms with Crippen LogP contribution in [0.15, 0.2) is 59.8 Å². The number of hydrogen-bond acceptors (Lipinski definition) is 2. The van der Waals surface area contributed by atoms with Crippen molar-refractivity contribution in [3.05, 3.63) is 71.7 Å². The Kier molecular flexibility index (Phi) is 5.46. The molecule has 0 fully saturated rings. The Labute approximate surface area is 152 Å². The molecule has 134 valence electrons. The van der Waals surface area contributed by atoms with Crippen LogP contribution < -0.4 is 5.43 Å². The van der Waals surface area contributed by atoms with E-state index in [1.54, 1.807) is 18.3 Å². The molecule has 5 heteroatoms. The van der Waals surface area contributed by atoms with Gasteiger partial charge in [0, 0.05) is 28.7 Å². The molecule has 0 aliphatic carbocycles. The van der Waals surface area contributed by atoms with Crippen LogP contribution in [0.1, 0.15) is 37.4 Å². The van der Waals surface area contributed by atoms with Crippen molar-refractivity contribution in [3.8, 4) is 0 Å². The second-order valence-electron chi connectivity index (χ2n) is 6.36. The number of amides is 1. The van der Waals surface area contributed by atoms with Crippen molar-refractivity contribution in [1.29, 1.82) is 0 Å². The Morgan fingerprint density at radius 3 is 2.69 bits per heavy atom. The van der Waals surface area contributed by atoms with Gasteiger partial charge in [0.1, 0.15) is 5.82 Å². The molecule has 0 aliphatic rings. The fourth-order valence-corrected chi connectivity index (χ4v) is 2.90. The van der Waals surface area contributed by atoms with Crippen LogP contribution in [0.25, 0.3) is 10.9 Å². The highest BCUT2D eigenvalue weighted by atomic mass is 19.1. The molecule has 0 bridgehead atoms. The fourth-order valence-electron chi connectivity index (χ4n) is 2.90. The zero-order valence-electron chi connectivity index (χ0n) is 14.9.